The first-order chi connectivity index (χ1) is 18.2. The number of hydrogen-bond acceptors (Lipinski definition) is 8. The number of carbonyl (C=O) groups is 3. The highest BCUT2D eigenvalue weighted by Crippen LogP contribution is 2.39. The van der Waals surface area contributed by atoms with E-state index >= 15 is 0 Å². The summed E-state index contributed by atoms with van der Waals surface area (Å²) in [5.74, 6) is -1.98. The third-order valence-electron chi connectivity index (χ3n) is 6.86. The third-order valence-corrected chi connectivity index (χ3v) is 6.86. The summed E-state index contributed by atoms with van der Waals surface area (Å²) in [6, 6.07) is 20.5. The van der Waals surface area contributed by atoms with Crippen molar-refractivity contribution in [1.82, 2.24) is 0 Å². The number of ether oxygens (including phenoxy) is 4. The summed E-state index contributed by atoms with van der Waals surface area (Å²) in [7, 11) is 1.24. The van der Waals surface area contributed by atoms with Crippen LogP contribution in [0, 0.1) is 20.8 Å². The molecule has 1 heterocycles. The Morgan fingerprint density at radius 2 is 1.26 bits per heavy atom. The van der Waals surface area contributed by atoms with E-state index in [4.69, 9.17) is 18.9 Å². The predicted molar refractivity (Wildman–Crippen MR) is 138 cm³/mol. The van der Waals surface area contributed by atoms with E-state index in [-0.39, 0.29) is 11.1 Å². The number of ketones is 1. The molecule has 38 heavy (non-hydrogen) atoms. The number of aryl methyl sites for hydroxylation is 3. The van der Waals surface area contributed by atoms with Crippen LogP contribution >= 0.6 is 0 Å². The van der Waals surface area contributed by atoms with Crippen LogP contribution in [0.4, 0.5) is 0 Å². The summed E-state index contributed by atoms with van der Waals surface area (Å²) >= 11 is 0. The van der Waals surface area contributed by atoms with Crippen molar-refractivity contribution in [2.45, 2.75) is 44.9 Å². The quantitative estimate of drug-likeness (QED) is 0.352. The molecule has 8 heteroatoms. The molecule has 1 N–H and O–H groups in total. The van der Waals surface area contributed by atoms with E-state index in [0.717, 1.165) is 0 Å². The summed E-state index contributed by atoms with van der Waals surface area (Å²) in [6.07, 6.45) is -4.44. The van der Waals surface area contributed by atoms with Crippen LogP contribution in [0.25, 0.3) is 0 Å². The Kier molecular flexibility index (Phi) is 8.06. The fourth-order valence-corrected chi connectivity index (χ4v) is 4.65. The van der Waals surface area contributed by atoms with Gasteiger partial charge in [-0.05, 0) is 49.6 Å². The van der Waals surface area contributed by atoms with Gasteiger partial charge in [0.2, 0.25) is 11.4 Å². The molecule has 1 aliphatic heterocycles. The molecule has 1 fully saturated rings. The van der Waals surface area contributed by atoms with Crippen molar-refractivity contribution in [3.05, 3.63) is 106 Å². The van der Waals surface area contributed by atoms with Crippen molar-refractivity contribution >= 4 is 17.7 Å². The van der Waals surface area contributed by atoms with Crippen molar-refractivity contribution < 1.29 is 38.4 Å². The molecule has 1 unspecified atom stereocenters. The Bertz CT molecular complexity index is 1350. The molecule has 0 saturated carbocycles. The zero-order valence-electron chi connectivity index (χ0n) is 21.7. The molecule has 0 aliphatic carbocycles. The van der Waals surface area contributed by atoms with E-state index in [1.165, 1.54) is 7.11 Å². The zero-order chi connectivity index (χ0) is 27.4. The molecule has 4 rings (SSSR count). The maximum atomic E-state index is 13.9. The number of hydrogen-bond donors (Lipinski definition) is 1. The Morgan fingerprint density at radius 3 is 1.76 bits per heavy atom. The van der Waals surface area contributed by atoms with Gasteiger partial charge in [-0.15, -0.1) is 0 Å². The number of methoxy groups -OCH3 is 1. The van der Waals surface area contributed by atoms with Gasteiger partial charge < -0.3 is 24.1 Å². The normalized spacial score (nSPS) is 22.6. The minimum Gasteiger partial charge on any atom is -0.459 e. The van der Waals surface area contributed by atoms with Gasteiger partial charge in [-0.2, -0.15) is 0 Å². The highest BCUT2D eigenvalue weighted by Gasteiger charge is 2.64. The minimum absolute atomic E-state index is 0.270. The standard InChI is InChI=1S/C30H30O8/c1-18-11-5-8-14-21(18)25(31)30(35-4)26(38-28(33)23-16-10-7-13-20(23)3)24(37-29(30)34)17-36-27(32)22-15-9-6-12-19(22)2/h5-16,24,26,29,34H,17H2,1-4H3/t24-,26-,29?,30+/m0/s1. The molecular formula is C30H30O8. The minimum atomic E-state index is -2.11. The van der Waals surface area contributed by atoms with Crippen LogP contribution in [-0.2, 0) is 18.9 Å². The maximum absolute atomic E-state index is 13.9. The highest BCUT2D eigenvalue weighted by molar-refractivity contribution is 6.05. The Morgan fingerprint density at radius 1 is 0.789 bits per heavy atom. The van der Waals surface area contributed by atoms with Gasteiger partial charge in [0.25, 0.3) is 0 Å². The molecule has 4 atom stereocenters. The number of aliphatic hydroxyl groups excluding tert-OH is 1. The van der Waals surface area contributed by atoms with E-state index in [2.05, 4.69) is 0 Å². The molecule has 3 aromatic carbocycles. The smallest absolute Gasteiger partial charge is 0.338 e. The summed E-state index contributed by atoms with van der Waals surface area (Å²) in [6.45, 7) is 4.87. The van der Waals surface area contributed by atoms with Crippen molar-refractivity contribution in [3.63, 3.8) is 0 Å². The fraction of sp³-hybridized carbons (Fsp3) is 0.300. The number of carbonyl (C=O) groups excluding carboxylic acids is 3. The summed E-state index contributed by atoms with van der Waals surface area (Å²) in [5.41, 5.74) is 0.808. The number of rotatable bonds is 8. The second-order valence-corrected chi connectivity index (χ2v) is 9.22. The van der Waals surface area contributed by atoms with Crippen LogP contribution in [0.15, 0.2) is 72.8 Å². The van der Waals surface area contributed by atoms with E-state index in [9.17, 15) is 19.5 Å². The summed E-state index contributed by atoms with van der Waals surface area (Å²) in [4.78, 5) is 40.0. The predicted octanol–water partition coefficient (Wildman–Crippen LogP) is 3.98. The lowest BCUT2D eigenvalue weighted by atomic mass is 9.84. The van der Waals surface area contributed by atoms with Gasteiger partial charge in [0.1, 0.15) is 12.7 Å². The average Bonchev–Trinajstić information content (AvgIpc) is 3.18. The molecule has 198 valence electrons. The molecule has 0 aromatic heterocycles. The van der Waals surface area contributed by atoms with E-state index < -0.39 is 48.4 Å². The summed E-state index contributed by atoms with van der Waals surface area (Å²) < 4.78 is 22.7. The topological polar surface area (TPSA) is 108 Å². The van der Waals surface area contributed by atoms with E-state index in [1.54, 1.807) is 93.6 Å². The third kappa shape index (κ3) is 4.98. The van der Waals surface area contributed by atoms with Crippen LogP contribution in [-0.4, -0.2) is 60.6 Å². The van der Waals surface area contributed by atoms with Gasteiger partial charge in [-0.1, -0.05) is 60.7 Å². The van der Waals surface area contributed by atoms with Crippen molar-refractivity contribution in [2.24, 2.45) is 0 Å². The molecule has 0 radical (unpaired) electrons. The molecule has 0 bridgehead atoms. The van der Waals surface area contributed by atoms with Gasteiger partial charge >= 0.3 is 11.9 Å². The van der Waals surface area contributed by atoms with E-state index in [1.807, 2.05) is 0 Å². The monoisotopic (exact) mass is 518 g/mol. The molecule has 1 saturated heterocycles. The number of esters is 2. The van der Waals surface area contributed by atoms with Gasteiger partial charge in [-0.3, -0.25) is 4.79 Å². The molecule has 1 aliphatic rings. The first kappa shape index (κ1) is 27.2. The number of benzene rings is 3. The average molecular weight is 519 g/mol. The Labute approximate surface area is 221 Å². The van der Waals surface area contributed by atoms with Gasteiger partial charge in [0, 0.05) is 12.7 Å². The lowest BCUT2D eigenvalue weighted by Crippen LogP contribution is -2.58. The first-order valence-electron chi connectivity index (χ1n) is 12.2. The Balaban J connectivity index is 1.70. The lowest BCUT2D eigenvalue weighted by Gasteiger charge is -2.34. The van der Waals surface area contributed by atoms with Gasteiger partial charge in [0.05, 0.1) is 11.1 Å². The number of Topliss-reactive ketones (excluding diaryl/α,β-unsaturated/α-hetero) is 1. The SMILES string of the molecule is CO[C@@]1(C(=O)c2ccccc2C)C(O)O[C@@H](COC(=O)c2ccccc2C)[C@@H]1OC(=O)c1ccccc1C. The van der Waals surface area contributed by atoms with Gasteiger partial charge in [-0.25, -0.2) is 9.59 Å². The van der Waals surface area contributed by atoms with Crippen molar-refractivity contribution in [3.8, 4) is 0 Å². The number of aliphatic hydroxyl groups is 1. The molecule has 0 amide bonds. The lowest BCUT2D eigenvalue weighted by molar-refractivity contribution is -0.168. The fourth-order valence-electron chi connectivity index (χ4n) is 4.65. The largest absolute Gasteiger partial charge is 0.459 e. The van der Waals surface area contributed by atoms with Crippen LogP contribution in [0.2, 0.25) is 0 Å². The van der Waals surface area contributed by atoms with Crippen LogP contribution < -0.4 is 0 Å². The van der Waals surface area contributed by atoms with Crippen LogP contribution in [0.1, 0.15) is 47.8 Å². The maximum Gasteiger partial charge on any atom is 0.338 e. The second-order valence-electron chi connectivity index (χ2n) is 9.22. The zero-order valence-corrected chi connectivity index (χ0v) is 21.7. The van der Waals surface area contributed by atoms with E-state index in [0.29, 0.717) is 22.3 Å². The molecule has 8 nitrogen and oxygen atoms in total. The molecular weight excluding hydrogens is 488 g/mol. The van der Waals surface area contributed by atoms with Crippen molar-refractivity contribution in [1.29, 1.82) is 0 Å². The Hall–Kier alpha value is -3.85. The summed E-state index contributed by atoms with van der Waals surface area (Å²) in [5, 5.41) is 11.1. The molecule has 0 spiro atoms. The van der Waals surface area contributed by atoms with Crippen LogP contribution in [0.5, 0.6) is 0 Å². The van der Waals surface area contributed by atoms with Gasteiger partial charge in [0.15, 0.2) is 12.4 Å². The van der Waals surface area contributed by atoms with Crippen LogP contribution in [0.3, 0.4) is 0 Å². The highest BCUT2D eigenvalue weighted by atomic mass is 16.7. The first-order valence-corrected chi connectivity index (χ1v) is 12.2. The molecule has 3 aromatic rings. The van der Waals surface area contributed by atoms with Crippen molar-refractivity contribution in [2.75, 3.05) is 13.7 Å². The second kappa shape index (κ2) is 11.3.